The number of rotatable bonds is 4. The van der Waals surface area contributed by atoms with Gasteiger partial charge in [0.2, 0.25) is 5.91 Å². The van der Waals surface area contributed by atoms with E-state index in [9.17, 15) is 4.79 Å². The van der Waals surface area contributed by atoms with Crippen LogP contribution in [0.25, 0.3) is 0 Å². The number of likely N-dealkylation sites (tertiary alicyclic amines) is 1. The first-order valence-electron chi connectivity index (χ1n) is 5.93. The minimum absolute atomic E-state index is 0.279. The highest BCUT2D eigenvalue weighted by Crippen LogP contribution is 2.09. The summed E-state index contributed by atoms with van der Waals surface area (Å²) < 4.78 is 0. The molecule has 0 aromatic heterocycles. The third-order valence-corrected chi connectivity index (χ3v) is 2.90. The summed E-state index contributed by atoms with van der Waals surface area (Å²) in [4.78, 5) is 13.7. The molecular formula is C13H18N2O. The van der Waals surface area contributed by atoms with Gasteiger partial charge < -0.3 is 10.2 Å². The number of nitrogens with one attached hydrogen (secondary N) is 1. The Bertz CT molecular complexity index is 331. The molecule has 0 radical (unpaired) electrons. The Balaban J connectivity index is 1.70. The normalized spacial score (nSPS) is 15.1. The summed E-state index contributed by atoms with van der Waals surface area (Å²) in [5.74, 6) is 0.279. The van der Waals surface area contributed by atoms with Crippen molar-refractivity contribution in [1.29, 1.82) is 0 Å². The number of amides is 1. The first-order valence-corrected chi connectivity index (χ1v) is 5.93. The average Bonchev–Trinajstić information content (AvgIpc) is 2.84. The smallest absolute Gasteiger partial charge is 0.224 e. The molecule has 3 heteroatoms. The van der Waals surface area contributed by atoms with Crippen molar-refractivity contribution in [3.05, 3.63) is 30.3 Å². The number of hydrogen-bond acceptors (Lipinski definition) is 2. The summed E-state index contributed by atoms with van der Waals surface area (Å²) in [7, 11) is 0. The molecule has 0 saturated carbocycles. The lowest BCUT2D eigenvalue weighted by molar-refractivity contribution is -0.129. The van der Waals surface area contributed by atoms with Gasteiger partial charge in [-0.2, -0.15) is 0 Å². The molecule has 3 nitrogen and oxygen atoms in total. The molecule has 0 atom stereocenters. The molecule has 1 heterocycles. The number of anilines is 1. The maximum atomic E-state index is 11.7. The molecule has 1 saturated heterocycles. The molecule has 0 spiro atoms. The van der Waals surface area contributed by atoms with Gasteiger partial charge in [-0.3, -0.25) is 4.79 Å². The number of benzene rings is 1. The number of hydrogen-bond donors (Lipinski definition) is 1. The zero-order valence-corrected chi connectivity index (χ0v) is 9.48. The number of carbonyl (C=O) groups excluding carboxylic acids is 1. The Kier molecular flexibility index (Phi) is 3.81. The summed E-state index contributed by atoms with van der Waals surface area (Å²) in [6, 6.07) is 10.00. The molecule has 1 N–H and O–H groups in total. The summed E-state index contributed by atoms with van der Waals surface area (Å²) in [5, 5.41) is 3.25. The van der Waals surface area contributed by atoms with Gasteiger partial charge >= 0.3 is 0 Å². The van der Waals surface area contributed by atoms with Crippen molar-refractivity contribution in [3.63, 3.8) is 0 Å². The number of para-hydroxylation sites is 1. The van der Waals surface area contributed by atoms with Crippen LogP contribution in [0.3, 0.4) is 0 Å². The molecule has 2 rings (SSSR count). The second kappa shape index (κ2) is 5.54. The fourth-order valence-electron chi connectivity index (χ4n) is 1.99. The van der Waals surface area contributed by atoms with E-state index in [2.05, 4.69) is 5.32 Å². The van der Waals surface area contributed by atoms with Crippen molar-refractivity contribution in [2.75, 3.05) is 25.0 Å². The SMILES string of the molecule is O=C(CCNc1ccccc1)N1CCCC1. The Labute approximate surface area is 96.5 Å². The highest BCUT2D eigenvalue weighted by atomic mass is 16.2. The van der Waals surface area contributed by atoms with Crippen LogP contribution in [0.4, 0.5) is 5.69 Å². The van der Waals surface area contributed by atoms with E-state index in [4.69, 9.17) is 0 Å². The Morgan fingerprint density at radius 3 is 2.56 bits per heavy atom. The van der Waals surface area contributed by atoms with Crippen LogP contribution in [-0.4, -0.2) is 30.4 Å². The van der Waals surface area contributed by atoms with Crippen molar-refractivity contribution in [3.8, 4) is 0 Å². The second-order valence-corrected chi connectivity index (χ2v) is 4.13. The van der Waals surface area contributed by atoms with Gasteiger partial charge in [0.15, 0.2) is 0 Å². The van der Waals surface area contributed by atoms with Crippen LogP contribution in [-0.2, 0) is 4.79 Å². The van der Waals surface area contributed by atoms with Crippen LogP contribution in [0, 0.1) is 0 Å². The molecule has 0 aliphatic carbocycles. The van der Waals surface area contributed by atoms with Gasteiger partial charge in [0.1, 0.15) is 0 Å². The van der Waals surface area contributed by atoms with Crippen LogP contribution < -0.4 is 5.32 Å². The minimum Gasteiger partial charge on any atom is -0.385 e. The monoisotopic (exact) mass is 218 g/mol. The third kappa shape index (κ3) is 2.99. The van der Waals surface area contributed by atoms with Gasteiger partial charge in [0.05, 0.1) is 0 Å². The third-order valence-electron chi connectivity index (χ3n) is 2.90. The first-order chi connectivity index (χ1) is 7.86. The van der Waals surface area contributed by atoms with Crippen LogP contribution in [0.15, 0.2) is 30.3 Å². The van der Waals surface area contributed by atoms with Crippen molar-refractivity contribution in [2.24, 2.45) is 0 Å². The van der Waals surface area contributed by atoms with Crippen molar-refractivity contribution in [1.82, 2.24) is 4.90 Å². The van der Waals surface area contributed by atoms with E-state index >= 15 is 0 Å². The van der Waals surface area contributed by atoms with E-state index in [1.54, 1.807) is 0 Å². The fraction of sp³-hybridized carbons (Fsp3) is 0.462. The molecule has 86 valence electrons. The molecule has 16 heavy (non-hydrogen) atoms. The van der Waals surface area contributed by atoms with Gasteiger partial charge in [-0.1, -0.05) is 18.2 Å². The molecule has 0 unspecified atom stereocenters. The second-order valence-electron chi connectivity index (χ2n) is 4.13. The fourth-order valence-corrected chi connectivity index (χ4v) is 1.99. The van der Waals surface area contributed by atoms with Crippen LogP contribution in [0.5, 0.6) is 0 Å². The lowest BCUT2D eigenvalue weighted by Crippen LogP contribution is -2.29. The maximum absolute atomic E-state index is 11.7. The zero-order chi connectivity index (χ0) is 11.2. The molecule has 1 aliphatic heterocycles. The standard InChI is InChI=1S/C13H18N2O/c16-13(15-10-4-5-11-15)8-9-14-12-6-2-1-3-7-12/h1-3,6-7,14H,4-5,8-11H2. The highest BCUT2D eigenvalue weighted by Gasteiger charge is 2.16. The van der Waals surface area contributed by atoms with Gasteiger partial charge in [-0.15, -0.1) is 0 Å². The Hall–Kier alpha value is -1.51. The molecule has 1 fully saturated rings. The molecule has 1 amide bonds. The Morgan fingerprint density at radius 2 is 1.88 bits per heavy atom. The molecular weight excluding hydrogens is 200 g/mol. The van der Waals surface area contributed by atoms with E-state index in [1.165, 1.54) is 0 Å². The quantitative estimate of drug-likeness (QED) is 0.839. The number of nitrogens with zero attached hydrogens (tertiary/aromatic N) is 1. The van der Waals surface area contributed by atoms with Crippen molar-refractivity contribution < 1.29 is 4.79 Å². The summed E-state index contributed by atoms with van der Waals surface area (Å²) in [5.41, 5.74) is 1.08. The topological polar surface area (TPSA) is 32.3 Å². The zero-order valence-electron chi connectivity index (χ0n) is 9.48. The minimum atomic E-state index is 0.279. The van der Waals surface area contributed by atoms with Gasteiger partial charge in [0, 0.05) is 31.7 Å². The van der Waals surface area contributed by atoms with E-state index in [0.717, 1.165) is 38.2 Å². The molecule has 1 aliphatic rings. The van der Waals surface area contributed by atoms with E-state index < -0.39 is 0 Å². The van der Waals surface area contributed by atoms with Crippen LogP contribution in [0.1, 0.15) is 19.3 Å². The van der Waals surface area contributed by atoms with E-state index in [-0.39, 0.29) is 5.91 Å². The molecule has 1 aromatic rings. The largest absolute Gasteiger partial charge is 0.385 e. The number of carbonyl (C=O) groups is 1. The van der Waals surface area contributed by atoms with Gasteiger partial charge in [-0.05, 0) is 25.0 Å². The summed E-state index contributed by atoms with van der Waals surface area (Å²) in [6.07, 6.45) is 2.92. The van der Waals surface area contributed by atoms with Crippen LogP contribution >= 0.6 is 0 Å². The average molecular weight is 218 g/mol. The van der Waals surface area contributed by atoms with Gasteiger partial charge in [0.25, 0.3) is 0 Å². The lowest BCUT2D eigenvalue weighted by atomic mass is 10.3. The lowest BCUT2D eigenvalue weighted by Gasteiger charge is -2.15. The van der Waals surface area contributed by atoms with E-state index in [0.29, 0.717) is 6.42 Å². The summed E-state index contributed by atoms with van der Waals surface area (Å²) >= 11 is 0. The summed E-state index contributed by atoms with van der Waals surface area (Å²) in [6.45, 7) is 2.62. The predicted molar refractivity (Wildman–Crippen MR) is 65.4 cm³/mol. The molecule has 1 aromatic carbocycles. The highest BCUT2D eigenvalue weighted by molar-refractivity contribution is 5.76. The first kappa shape index (κ1) is 11.0. The van der Waals surface area contributed by atoms with E-state index in [1.807, 2.05) is 35.2 Å². The Morgan fingerprint density at radius 1 is 1.19 bits per heavy atom. The van der Waals surface area contributed by atoms with Crippen molar-refractivity contribution >= 4 is 11.6 Å². The molecule has 0 bridgehead atoms. The predicted octanol–water partition coefficient (Wildman–Crippen LogP) is 2.11. The van der Waals surface area contributed by atoms with Crippen molar-refractivity contribution in [2.45, 2.75) is 19.3 Å². The van der Waals surface area contributed by atoms with Crippen LogP contribution in [0.2, 0.25) is 0 Å². The van der Waals surface area contributed by atoms with Gasteiger partial charge in [-0.25, -0.2) is 0 Å². The maximum Gasteiger partial charge on any atom is 0.224 e.